The van der Waals surface area contributed by atoms with Crippen molar-refractivity contribution in [2.75, 3.05) is 69.3 Å². The van der Waals surface area contributed by atoms with Gasteiger partial charge in [-0.15, -0.1) is 16.2 Å². The second-order valence-electron chi connectivity index (χ2n) is 14.1. The standard InChI is InChI=1S/C44H49N7O4S2/c1-48(2)26-24-37(33-56-39-16-10-5-11-17-39)46-42-23-22-40(32-43(42)51(52)53)57(54,55)47-44(45)36-18-20-38(21-19-36)50-30-28-49(29-31-50)27-25-41(34-12-6-3-7-13-34)35-14-8-4-9-15-35/h3-23,25,32,37,46H,24,26-31,33H2,1-2H3,(H2,45,47)/t37-/m1/s1. The van der Waals surface area contributed by atoms with Gasteiger partial charge in [0.05, 0.1) is 9.82 Å². The summed E-state index contributed by atoms with van der Waals surface area (Å²) in [4.78, 5) is 19.2. The number of nitrogens with two attached hydrogens (primary N) is 1. The van der Waals surface area contributed by atoms with Gasteiger partial charge in [-0.3, -0.25) is 15.0 Å². The maximum atomic E-state index is 13.4. The average Bonchev–Trinajstić information content (AvgIpc) is 3.23. The number of hydrogen-bond acceptors (Lipinski definition) is 9. The number of nitrogens with one attached hydrogen (secondary N) is 1. The number of nitro groups is 1. The predicted octanol–water partition coefficient (Wildman–Crippen LogP) is 7.47. The van der Waals surface area contributed by atoms with Crippen LogP contribution in [0.4, 0.5) is 17.1 Å². The van der Waals surface area contributed by atoms with Crippen molar-refractivity contribution in [1.29, 1.82) is 0 Å². The fourth-order valence-electron chi connectivity index (χ4n) is 6.61. The molecule has 1 aliphatic rings. The number of nitro benzene ring substituents is 1. The van der Waals surface area contributed by atoms with Crippen molar-refractivity contribution in [2.24, 2.45) is 10.1 Å². The van der Waals surface area contributed by atoms with Crippen molar-refractivity contribution >= 4 is 50.3 Å². The zero-order valence-electron chi connectivity index (χ0n) is 32.3. The molecular weight excluding hydrogens is 755 g/mol. The molecule has 3 N–H and O–H groups in total. The molecule has 6 rings (SSSR count). The smallest absolute Gasteiger partial charge is 0.293 e. The third-order valence-corrected chi connectivity index (χ3v) is 12.2. The molecule has 0 spiro atoms. The van der Waals surface area contributed by atoms with Crippen molar-refractivity contribution in [3.8, 4) is 0 Å². The molecule has 5 aromatic rings. The van der Waals surface area contributed by atoms with Crippen LogP contribution in [-0.2, 0) is 10.0 Å². The lowest BCUT2D eigenvalue weighted by Crippen LogP contribution is -2.46. The normalized spacial score (nSPS) is 14.3. The van der Waals surface area contributed by atoms with Crippen LogP contribution >= 0.6 is 11.8 Å². The number of thioether (sulfide) groups is 1. The summed E-state index contributed by atoms with van der Waals surface area (Å²) in [5, 5.41) is 15.5. The summed E-state index contributed by atoms with van der Waals surface area (Å²) in [6.07, 6.45) is 3.04. The number of hydrogen-bond donors (Lipinski definition) is 2. The Morgan fingerprint density at radius 1 is 0.860 bits per heavy atom. The lowest BCUT2D eigenvalue weighted by Gasteiger charge is -2.35. The van der Waals surface area contributed by atoms with Gasteiger partial charge >= 0.3 is 0 Å². The molecule has 5 aromatic carbocycles. The molecule has 11 nitrogen and oxygen atoms in total. The van der Waals surface area contributed by atoms with E-state index in [1.807, 2.05) is 68.7 Å². The lowest BCUT2D eigenvalue weighted by molar-refractivity contribution is -0.384. The van der Waals surface area contributed by atoms with Gasteiger partial charge in [-0.05, 0) is 92.3 Å². The Labute approximate surface area is 340 Å². The van der Waals surface area contributed by atoms with Gasteiger partial charge in [0.1, 0.15) is 11.5 Å². The molecule has 0 aromatic heterocycles. The lowest BCUT2D eigenvalue weighted by atomic mass is 9.97. The molecule has 0 amide bonds. The van der Waals surface area contributed by atoms with E-state index in [1.54, 1.807) is 23.9 Å². The average molecular weight is 804 g/mol. The summed E-state index contributed by atoms with van der Waals surface area (Å²) < 4.78 is 30.7. The summed E-state index contributed by atoms with van der Waals surface area (Å²) in [6, 6.07) is 41.9. The molecule has 296 valence electrons. The van der Waals surface area contributed by atoms with Gasteiger partial charge in [0.15, 0.2) is 0 Å². The van der Waals surface area contributed by atoms with Crippen LogP contribution in [0.15, 0.2) is 154 Å². The van der Waals surface area contributed by atoms with Crippen LogP contribution < -0.4 is 16.0 Å². The van der Waals surface area contributed by atoms with Gasteiger partial charge in [-0.1, -0.05) is 84.9 Å². The third kappa shape index (κ3) is 11.5. The van der Waals surface area contributed by atoms with E-state index in [4.69, 9.17) is 5.73 Å². The summed E-state index contributed by atoms with van der Waals surface area (Å²) in [7, 11) is -0.416. The van der Waals surface area contributed by atoms with Gasteiger partial charge in [0, 0.05) is 66.7 Å². The first-order chi connectivity index (χ1) is 27.6. The highest BCUT2D eigenvalue weighted by Crippen LogP contribution is 2.31. The molecular formula is C44H49N7O4S2. The van der Waals surface area contributed by atoms with Crippen molar-refractivity contribution in [2.45, 2.75) is 22.3 Å². The number of amidine groups is 1. The van der Waals surface area contributed by atoms with Crippen LogP contribution in [-0.4, -0.2) is 94.1 Å². The van der Waals surface area contributed by atoms with E-state index in [1.165, 1.54) is 28.8 Å². The molecule has 0 saturated carbocycles. The number of nitrogens with zero attached hydrogens (tertiary/aromatic N) is 5. The largest absolute Gasteiger partial charge is 0.383 e. The number of benzene rings is 5. The highest BCUT2D eigenvalue weighted by atomic mass is 32.2. The number of piperazine rings is 1. The molecule has 57 heavy (non-hydrogen) atoms. The highest BCUT2D eigenvalue weighted by Gasteiger charge is 2.24. The third-order valence-electron chi connectivity index (χ3n) is 9.78. The van der Waals surface area contributed by atoms with E-state index < -0.39 is 14.9 Å². The highest BCUT2D eigenvalue weighted by molar-refractivity contribution is 7.99. The van der Waals surface area contributed by atoms with Gasteiger partial charge in [-0.25, -0.2) is 0 Å². The van der Waals surface area contributed by atoms with Crippen LogP contribution in [0.5, 0.6) is 0 Å². The summed E-state index contributed by atoms with van der Waals surface area (Å²) >= 11 is 1.65. The van der Waals surface area contributed by atoms with E-state index in [2.05, 4.69) is 79.0 Å². The van der Waals surface area contributed by atoms with Crippen molar-refractivity contribution in [3.05, 3.63) is 166 Å². The van der Waals surface area contributed by atoms with Gasteiger partial charge in [0.25, 0.3) is 15.7 Å². The first-order valence-electron chi connectivity index (χ1n) is 18.9. The Balaban J connectivity index is 1.09. The SMILES string of the molecule is CN(C)CC[C@H](CSc1ccccc1)Nc1ccc(S(=O)(=O)/N=C(/N)c2ccc(N3CCN(CC=C(c4ccccc4)c4ccccc4)CC3)cc2)cc1[N+](=O)[O-]. The van der Waals surface area contributed by atoms with Crippen molar-refractivity contribution in [1.82, 2.24) is 9.80 Å². The number of rotatable bonds is 17. The van der Waals surface area contributed by atoms with Crippen molar-refractivity contribution in [3.63, 3.8) is 0 Å². The molecule has 0 unspecified atom stereocenters. The Kier molecular flexibility index (Phi) is 14.2. The first-order valence-corrected chi connectivity index (χ1v) is 21.3. The predicted molar refractivity (Wildman–Crippen MR) is 234 cm³/mol. The molecule has 1 fully saturated rings. The topological polar surface area (TPSA) is 137 Å². The van der Waals surface area contributed by atoms with Crippen molar-refractivity contribution < 1.29 is 13.3 Å². The van der Waals surface area contributed by atoms with Gasteiger partial charge in [-0.2, -0.15) is 8.42 Å². The second-order valence-corrected chi connectivity index (χ2v) is 16.8. The molecule has 0 bridgehead atoms. The summed E-state index contributed by atoms with van der Waals surface area (Å²) in [5.74, 6) is 0.463. The fraction of sp³-hybridized carbons (Fsp3) is 0.250. The van der Waals surface area contributed by atoms with Crippen LogP contribution in [0.25, 0.3) is 5.57 Å². The Morgan fingerprint density at radius 2 is 1.46 bits per heavy atom. The number of sulfonamides is 1. The van der Waals surface area contributed by atoms with E-state index in [0.717, 1.165) is 62.3 Å². The summed E-state index contributed by atoms with van der Waals surface area (Å²) in [6.45, 7) is 5.05. The van der Waals surface area contributed by atoms with E-state index >= 15 is 0 Å². The molecule has 1 atom stereocenters. The van der Waals surface area contributed by atoms with Crippen LogP contribution in [0, 0.1) is 10.1 Å². The minimum atomic E-state index is -4.36. The van der Waals surface area contributed by atoms with E-state index in [0.29, 0.717) is 11.3 Å². The van der Waals surface area contributed by atoms with Crippen LogP contribution in [0.3, 0.4) is 0 Å². The molecule has 0 radical (unpaired) electrons. The Bertz CT molecular complexity index is 2210. The molecule has 1 aliphatic heterocycles. The Hall–Kier alpha value is -5.47. The fourth-order valence-corrected chi connectivity index (χ4v) is 8.58. The number of anilines is 2. The van der Waals surface area contributed by atoms with Gasteiger partial charge < -0.3 is 20.9 Å². The molecule has 0 aliphatic carbocycles. The molecule has 1 saturated heterocycles. The minimum Gasteiger partial charge on any atom is -0.383 e. The molecule has 13 heteroatoms. The maximum Gasteiger partial charge on any atom is 0.293 e. The van der Waals surface area contributed by atoms with E-state index in [-0.39, 0.29) is 28.1 Å². The Morgan fingerprint density at radius 3 is 2.04 bits per heavy atom. The van der Waals surface area contributed by atoms with Gasteiger partial charge in [0.2, 0.25) is 0 Å². The van der Waals surface area contributed by atoms with Crippen LogP contribution in [0.1, 0.15) is 23.1 Å². The van der Waals surface area contributed by atoms with Crippen LogP contribution in [0.2, 0.25) is 0 Å². The monoisotopic (exact) mass is 803 g/mol. The zero-order chi connectivity index (χ0) is 40.2. The first kappa shape index (κ1) is 41.2. The zero-order valence-corrected chi connectivity index (χ0v) is 33.9. The van der Waals surface area contributed by atoms with E-state index in [9.17, 15) is 18.5 Å². The second kappa shape index (κ2) is 19.6. The summed E-state index contributed by atoms with van der Waals surface area (Å²) in [5.41, 5.74) is 11.2. The minimum absolute atomic E-state index is 0.116. The molecule has 1 heterocycles. The quantitative estimate of drug-likeness (QED) is 0.0320. The maximum absolute atomic E-state index is 13.4.